The minimum Gasteiger partial charge on any atom is -0.393 e. The summed E-state index contributed by atoms with van der Waals surface area (Å²) in [6.07, 6.45) is 0.115. The van der Waals surface area contributed by atoms with E-state index in [4.69, 9.17) is 0 Å². The number of halogens is 1. The van der Waals surface area contributed by atoms with Crippen LogP contribution in [0.4, 0.5) is 0 Å². The largest absolute Gasteiger partial charge is 0.393 e. The van der Waals surface area contributed by atoms with E-state index in [1.165, 1.54) is 0 Å². The zero-order chi connectivity index (χ0) is 7.12. The topological polar surface area (TPSA) is 20.2 Å². The molecule has 2 bridgehead atoms. The molecule has 11 heavy (non-hydrogen) atoms. The molecule has 0 aromatic heterocycles. The standard InChI is InChI=1S/C9H9BrO/c10-9-5-2-1-3(5)7(9)4(6(2)9)8(1)11/h1-8,11H/t1?,2-,3-,4?,5?,6-,7-,8+,9?/m0/s1. The van der Waals surface area contributed by atoms with E-state index in [2.05, 4.69) is 15.9 Å². The van der Waals surface area contributed by atoms with Crippen LogP contribution in [0.15, 0.2) is 0 Å². The lowest BCUT2D eigenvalue weighted by atomic mass is 9.20. The summed E-state index contributed by atoms with van der Waals surface area (Å²) in [5.41, 5.74) is 0. The minimum atomic E-state index is 0.115. The molecule has 1 N–H and O–H groups in total. The SMILES string of the molecule is O[C@@H]1C2[C@H]3C4[C@H]2[C@H]2C1[C@H]3C42Br. The molecule has 0 aromatic carbocycles. The van der Waals surface area contributed by atoms with Crippen molar-refractivity contribution in [2.75, 3.05) is 0 Å². The number of hydrogen-bond donors (Lipinski definition) is 1. The molecule has 0 saturated heterocycles. The predicted molar refractivity (Wildman–Crippen MR) is 42.1 cm³/mol. The number of aliphatic hydroxyl groups excluding tert-OH is 1. The Kier molecular flexibility index (Phi) is 0.477. The first kappa shape index (κ1) is 5.23. The van der Waals surface area contributed by atoms with Crippen LogP contribution in [0.2, 0.25) is 0 Å². The maximum Gasteiger partial charge on any atom is 0.0608 e. The second-order valence-electron chi connectivity index (χ2n) is 5.20. The third-order valence-corrected chi connectivity index (χ3v) is 7.28. The summed E-state index contributed by atoms with van der Waals surface area (Å²) in [5.74, 6) is 6.24. The summed E-state index contributed by atoms with van der Waals surface area (Å²) in [7, 11) is 0. The smallest absolute Gasteiger partial charge is 0.0608 e. The van der Waals surface area contributed by atoms with Crippen LogP contribution in [0.5, 0.6) is 0 Å². The summed E-state index contributed by atoms with van der Waals surface area (Å²) in [4.78, 5) is 0. The normalized spacial score (nSPS) is 96.5. The average molecular weight is 213 g/mol. The molecule has 0 radical (unpaired) electrons. The van der Waals surface area contributed by atoms with Crippen molar-refractivity contribution in [1.82, 2.24) is 0 Å². The van der Waals surface area contributed by atoms with Gasteiger partial charge in [0.05, 0.1) is 6.10 Å². The van der Waals surface area contributed by atoms with Crippen molar-refractivity contribution in [2.45, 2.75) is 10.4 Å². The molecule has 5 atom stereocenters. The second-order valence-corrected chi connectivity index (χ2v) is 6.58. The highest BCUT2D eigenvalue weighted by Gasteiger charge is 2.99. The minimum absolute atomic E-state index is 0.115. The summed E-state index contributed by atoms with van der Waals surface area (Å²) >= 11 is 3.89. The van der Waals surface area contributed by atoms with Crippen LogP contribution in [0.1, 0.15) is 0 Å². The van der Waals surface area contributed by atoms with Gasteiger partial charge in [0.2, 0.25) is 0 Å². The Morgan fingerprint density at radius 2 is 1.45 bits per heavy atom. The fourth-order valence-electron chi connectivity index (χ4n) is 5.73. The second kappa shape index (κ2) is 1.00. The maximum absolute atomic E-state index is 9.84. The van der Waals surface area contributed by atoms with E-state index in [1.54, 1.807) is 0 Å². The van der Waals surface area contributed by atoms with Crippen LogP contribution < -0.4 is 0 Å². The molecule has 2 heteroatoms. The van der Waals surface area contributed by atoms with E-state index in [0.29, 0.717) is 4.32 Å². The van der Waals surface area contributed by atoms with Crippen LogP contribution in [-0.4, -0.2) is 15.5 Å². The van der Waals surface area contributed by atoms with Crippen LogP contribution >= 0.6 is 15.9 Å². The first-order valence-corrected chi connectivity index (χ1v) is 5.44. The van der Waals surface area contributed by atoms with Gasteiger partial charge in [0.15, 0.2) is 0 Å². The van der Waals surface area contributed by atoms with E-state index in [0.717, 1.165) is 41.4 Å². The highest BCUT2D eigenvalue weighted by Crippen LogP contribution is 2.98. The lowest BCUT2D eigenvalue weighted by molar-refractivity contribution is -0.349. The van der Waals surface area contributed by atoms with Gasteiger partial charge >= 0.3 is 0 Å². The highest BCUT2D eigenvalue weighted by atomic mass is 79.9. The maximum atomic E-state index is 9.84. The van der Waals surface area contributed by atoms with Crippen LogP contribution in [0, 0.1) is 41.4 Å². The molecule has 0 amide bonds. The predicted octanol–water partition coefficient (Wildman–Crippen LogP) is 0.862. The van der Waals surface area contributed by atoms with Crippen LogP contribution in [0.3, 0.4) is 0 Å². The molecule has 6 aliphatic carbocycles. The molecule has 6 rings (SSSR count). The Bertz CT molecular complexity index is 282. The van der Waals surface area contributed by atoms with Gasteiger partial charge < -0.3 is 5.11 Å². The van der Waals surface area contributed by atoms with E-state index in [-0.39, 0.29) is 6.10 Å². The molecule has 6 aliphatic rings. The van der Waals surface area contributed by atoms with Gasteiger partial charge in [0.25, 0.3) is 0 Å². The third kappa shape index (κ3) is 0.218. The Morgan fingerprint density at radius 3 is 1.91 bits per heavy atom. The molecule has 0 unspecified atom stereocenters. The Balaban J connectivity index is 1.84. The van der Waals surface area contributed by atoms with Gasteiger partial charge in [-0.05, 0) is 41.4 Å². The first-order valence-electron chi connectivity index (χ1n) is 4.65. The molecule has 0 heterocycles. The lowest BCUT2D eigenvalue weighted by Crippen LogP contribution is -2.90. The number of rotatable bonds is 0. The van der Waals surface area contributed by atoms with Crippen molar-refractivity contribution in [3.8, 4) is 0 Å². The molecule has 0 spiro atoms. The molecule has 0 aromatic rings. The Morgan fingerprint density at radius 1 is 0.909 bits per heavy atom. The summed E-state index contributed by atoms with van der Waals surface area (Å²) < 4.78 is 0.584. The van der Waals surface area contributed by atoms with Gasteiger partial charge in [0, 0.05) is 4.32 Å². The van der Waals surface area contributed by atoms with Gasteiger partial charge in [-0.1, -0.05) is 15.9 Å². The van der Waals surface area contributed by atoms with Crippen LogP contribution in [0.25, 0.3) is 0 Å². The summed E-state index contributed by atoms with van der Waals surface area (Å²) in [5, 5.41) is 9.84. The molecule has 6 saturated carbocycles. The molecule has 0 aliphatic heterocycles. The van der Waals surface area contributed by atoms with Crippen LogP contribution in [-0.2, 0) is 0 Å². The fourth-order valence-corrected chi connectivity index (χ4v) is 7.56. The zero-order valence-corrected chi connectivity index (χ0v) is 7.53. The van der Waals surface area contributed by atoms with Gasteiger partial charge in [-0.3, -0.25) is 0 Å². The fraction of sp³-hybridized carbons (Fsp3) is 1.00. The van der Waals surface area contributed by atoms with Crippen molar-refractivity contribution < 1.29 is 5.11 Å². The zero-order valence-electron chi connectivity index (χ0n) is 5.94. The Hall–Kier alpha value is 0.440. The number of hydrogen-bond acceptors (Lipinski definition) is 1. The van der Waals surface area contributed by atoms with E-state index >= 15 is 0 Å². The van der Waals surface area contributed by atoms with E-state index in [1.807, 2.05) is 0 Å². The third-order valence-electron chi connectivity index (χ3n) is 5.70. The molecule has 1 nitrogen and oxygen atoms in total. The summed E-state index contributed by atoms with van der Waals surface area (Å²) in [6, 6.07) is 0. The van der Waals surface area contributed by atoms with Gasteiger partial charge in [-0.2, -0.15) is 0 Å². The first-order chi connectivity index (χ1) is 5.28. The molecule has 6 fully saturated rings. The molecular formula is C9H9BrO. The van der Waals surface area contributed by atoms with Crippen molar-refractivity contribution >= 4 is 15.9 Å². The van der Waals surface area contributed by atoms with E-state index < -0.39 is 0 Å². The molecular weight excluding hydrogens is 204 g/mol. The van der Waals surface area contributed by atoms with Gasteiger partial charge in [-0.25, -0.2) is 0 Å². The molecule has 58 valence electrons. The summed E-state index contributed by atoms with van der Waals surface area (Å²) in [6.45, 7) is 0. The van der Waals surface area contributed by atoms with Crippen molar-refractivity contribution in [3.63, 3.8) is 0 Å². The quantitative estimate of drug-likeness (QED) is 0.592. The van der Waals surface area contributed by atoms with E-state index in [9.17, 15) is 5.11 Å². The number of alkyl halides is 1. The average Bonchev–Trinajstić information content (AvgIpc) is 2.16. The van der Waals surface area contributed by atoms with Crippen molar-refractivity contribution in [1.29, 1.82) is 0 Å². The number of aliphatic hydroxyl groups is 1. The highest BCUT2D eigenvalue weighted by molar-refractivity contribution is 9.10. The Labute approximate surface area is 73.3 Å². The van der Waals surface area contributed by atoms with Crippen molar-refractivity contribution in [2.24, 2.45) is 41.4 Å². The monoisotopic (exact) mass is 212 g/mol. The lowest BCUT2D eigenvalue weighted by Gasteiger charge is -2.88. The van der Waals surface area contributed by atoms with Gasteiger partial charge in [-0.15, -0.1) is 0 Å². The van der Waals surface area contributed by atoms with Crippen molar-refractivity contribution in [3.05, 3.63) is 0 Å². The van der Waals surface area contributed by atoms with Gasteiger partial charge in [0.1, 0.15) is 0 Å².